The van der Waals surface area contributed by atoms with Crippen molar-refractivity contribution in [1.29, 1.82) is 0 Å². The lowest BCUT2D eigenvalue weighted by Gasteiger charge is -2.06. The van der Waals surface area contributed by atoms with Crippen LogP contribution in [0.2, 0.25) is 10.0 Å². The van der Waals surface area contributed by atoms with Crippen LogP contribution in [0.5, 0.6) is 0 Å². The highest BCUT2D eigenvalue weighted by Gasteiger charge is 2.04. The zero-order chi connectivity index (χ0) is 10.8. The van der Waals surface area contributed by atoms with E-state index in [0.29, 0.717) is 0 Å². The van der Waals surface area contributed by atoms with Crippen molar-refractivity contribution in [3.63, 3.8) is 0 Å². The van der Waals surface area contributed by atoms with Crippen LogP contribution in [-0.2, 0) is 0 Å². The molecule has 0 amide bonds. The third-order valence-electron chi connectivity index (χ3n) is 2.35. The van der Waals surface area contributed by atoms with Gasteiger partial charge in [0.1, 0.15) is 0 Å². The van der Waals surface area contributed by atoms with E-state index in [4.69, 9.17) is 23.2 Å². The summed E-state index contributed by atoms with van der Waals surface area (Å²) in [5, 5.41) is 1.54. The largest absolute Gasteiger partial charge is 0.0843 e. The smallest absolute Gasteiger partial charge is 0.0513 e. The molecule has 0 bridgehead atoms. The fraction of sp³-hybridized carbons (Fsp3) is 0.0769. The van der Waals surface area contributed by atoms with Gasteiger partial charge in [0.15, 0.2) is 0 Å². The number of aryl methyl sites for hydroxylation is 1. The summed E-state index contributed by atoms with van der Waals surface area (Å²) in [6, 6.07) is 13.7. The highest BCUT2D eigenvalue weighted by atomic mass is 35.5. The molecule has 0 saturated heterocycles. The second kappa shape index (κ2) is 4.26. The van der Waals surface area contributed by atoms with Crippen molar-refractivity contribution in [3.8, 4) is 11.1 Å². The van der Waals surface area contributed by atoms with Gasteiger partial charge in [-0.15, -0.1) is 0 Å². The first-order valence-electron chi connectivity index (χ1n) is 4.69. The van der Waals surface area contributed by atoms with Crippen LogP contribution in [0.15, 0.2) is 42.5 Å². The molecule has 0 aromatic heterocycles. The van der Waals surface area contributed by atoms with Crippen LogP contribution in [0.3, 0.4) is 0 Å². The molecular formula is C13H10Cl2. The van der Waals surface area contributed by atoms with E-state index in [1.165, 1.54) is 0 Å². The van der Waals surface area contributed by atoms with Crippen molar-refractivity contribution in [1.82, 2.24) is 0 Å². The van der Waals surface area contributed by atoms with Gasteiger partial charge in [0, 0.05) is 10.6 Å². The Kier molecular flexibility index (Phi) is 2.99. The summed E-state index contributed by atoms with van der Waals surface area (Å²) in [7, 11) is 0. The maximum Gasteiger partial charge on any atom is 0.0513 e. The summed E-state index contributed by atoms with van der Waals surface area (Å²) in [5.74, 6) is 0. The van der Waals surface area contributed by atoms with Crippen molar-refractivity contribution >= 4 is 23.2 Å². The Morgan fingerprint density at radius 1 is 0.867 bits per heavy atom. The molecule has 0 heterocycles. The molecule has 0 fully saturated rings. The van der Waals surface area contributed by atoms with E-state index in [0.717, 1.165) is 26.7 Å². The predicted octanol–water partition coefficient (Wildman–Crippen LogP) is 4.97. The molecule has 0 saturated carbocycles. The molecule has 15 heavy (non-hydrogen) atoms. The van der Waals surface area contributed by atoms with Crippen LogP contribution in [0, 0.1) is 6.92 Å². The summed E-state index contributed by atoms with van der Waals surface area (Å²) in [6.07, 6.45) is 0. The van der Waals surface area contributed by atoms with Gasteiger partial charge in [-0.25, -0.2) is 0 Å². The van der Waals surface area contributed by atoms with Crippen LogP contribution < -0.4 is 0 Å². The summed E-state index contributed by atoms with van der Waals surface area (Å²) >= 11 is 12.1. The zero-order valence-electron chi connectivity index (χ0n) is 8.30. The average molecular weight is 237 g/mol. The second-order valence-electron chi connectivity index (χ2n) is 3.44. The Bertz CT molecular complexity index is 472. The van der Waals surface area contributed by atoms with Gasteiger partial charge in [-0.3, -0.25) is 0 Å². The standard InChI is InChI=1S/C13H10Cl2/c1-9-3-2-4-12(13(9)15)10-5-7-11(14)8-6-10/h2-8H,1H3. The summed E-state index contributed by atoms with van der Waals surface area (Å²) in [6.45, 7) is 2.00. The zero-order valence-corrected chi connectivity index (χ0v) is 9.81. The first-order chi connectivity index (χ1) is 7.18. The monoisotopic (exact) mass is 236 g/mol. The molecule has 0 N–H and O–H groups in total. The molecule has 2 aromatic carbocycles. The first kappa shape index (κ1) is 10.5. The number of rotatable bonds is 1. The molecule has 0 aliphatic rings. The third kappa shape index (κ3) is 2.17. The number of hydrogen-bond acceptors (Lipinski definition) is 0. The Balaban J connectivity index is 2.54. The minimum atomic E-state index is 0.738. The summed E-state index contributed by atoms with van der Waals surface area (Å²) < 4.78 is 0. The average Bonchev–Trinajstić information content (AvgIpc) is 2.24. The van der Waals surface area contributed by atoms with Crippen molar-refractivity contribution in [2.45, 2.75) is 6.92 Å². The molecule has 0 nitrogen and oxygen atoms in total. The van der Waals surface area contributed by atoms with E-state index in [9.17, 15) is 0 Å². The molecule has 0 radical (unpaired) electrons. The van der Waals surface area contributed by atoms with Crippen LogP contribution in [-0.4, -0.2) is 0 Å². The highest BCUT2D eigenvalue weighted by Crippen LogP contribution is 2.30. The quantitative estimate of drug-likeness (QED) is 0.656. The Morgan fingerprint density at radius 2 is 1.53 bits per heavy atom. The molecule has 0 aliphatic heterocycles. The Hall–Kier alpha value is -0.980. The maximum atomic E-state index is 6.23. The van der Waals surface area contributed by atoms with Gasteiger partial charge in [0.2, 0.25) is 0 Å². The van der Waals surface area contributed by atoms with E-state index in [-0.39, 0.29) is 0 Å². The molecule has 0 unspecified atom stereocenters. The van der Waals surface area contributed by atoms with Gasteiger partial charge in [-0.2, -0.15) is 0 Å². The van der Waals surface area contributed by atoms with Crippen LogP contribution >= 0.6 is 23.2 Å². The normalized spacial score (nSPS) is 10.3. The van der Waals surface area contributed by atoms with Crippen molar-refractivity contribution in [2.75, 3.05) is 0 Å². The first-order valence-corrected chi connectivity index (χ1v) is 5.45. The fourth-order valence-corrected chi connectivity index (χ4v) is 1.86. The number of hydrogen-bond donors (Lipinski definition) is 0. The summed E-state index contributed by atoms with van der Waals surface area (Å²) in [5.41, 5.74) is 3.23. The minimum absolute atomic E-state index is 0.738. The molecular weight excluding hydrogens is 227 g/mol. The molecule has 76 valence electrons. The van der Waals surface area contributed by atoms with Crippen LogP contribution in [0.25, 0.3) is 11.1 Å². The fourth-order valence-electron chi connectivity index (χ4n) is 1.50. The number of benzene rings is 2. The van der Waals surface area contributed by atoms with Crippen molar-refractivity contribution < 1.29 is 0 Å². The van der Waals surface area contributed by atoms with Gasteiger partial charge in [0.05, 0.1) is 5.02 Å². The lowest BCUT2D eigenvalue weighted by molar-refractivity contribution is 1.46. The molecule has 2 aromatic rings. The van der Waals surface area contributed by atoms with E-state index >= 15 is 0 Å². The highest BCUT2D eigenvalue weighted by molar-refractivity contribution is 6.34. The Labute approximate surface area is 99.5 Å². The van der Waals surface area contributed by atoms with Gasteiger partial charge in [-0.05, 0) is 30.2 Å². The predicted molar refractivity (Wildman–Crippen MR) is 66.6 cm³/mol. The lowest BCUT2D eigenvalue weighted by atomic mass is 10.0. The van der Waals surface area contributed by atoms with Gasteiger partial charge >= 0.3 is 0 Å². The molecule has 2 rings (SSSR count). The van der Waals surface area contributed by atoms with Gasteiger partial charge < -0.3 is 0 Å². The SMILES string of the molecule is Cc1cccc(-c2ccc(Cl)cc2)c1Cl. The molecule has 0 aliphatic carbocycles. The lowest BCUT2D eigenvalue weighted by Crippen LogP contribution is -1.82. The van der Waals surface area contributed by atoms with E-state index in [2.05, 4.69) is 0 Å². The maximum absolute atomic E-state index is 6.23. The summed E-state index contributed by atoms with van der Waals surface area (Å²) in [4.78, 5) is 0. The number of halogens is 2. The third-order valence-corrected chi connectivity index (χ3v) is 3.10. The van der Waals surface area contributed by atoms with Crippen molar-refractivity contribution in [3.05, 3.63) is 58.1 Å². The second-order valence-corrected chi connectivity index (χ2v) is 4.26. The topological polar surface area (TPSA) is 0 Å². The van der Waals surface area contributed by atoms with Crippen molar-refractivity contribution in [2.24, 2.45) is 0 Å². The Morgan fingerprint density at radius 3 is 2.20 bits per heavy atom. The minimum Gasteiger partial charge on any atom is -0.0843 e. The molecule has 0 spiro atoms. The van der Waals surface area contributed by atoms with E-state index in [1.807, 2.05) is 49.4 Å². The molecule has 0 atom stereocenters. The van der Waals surface area contributed by atoms with E-state index < -0.39 is 0 Å². The van der Waals surface area contributed by atoms with Gasteiger partial charge in [0.25, 0.3) is 0 Å². The van der Waals surface area contributed by atoms with Gasteiger partial charge in [-0.1, -0.05) is 53.5 Å². The van der Waals surface area contributed by atoms with Crippen LogP contribution in [0.1, 0.15) is 5.56 Å². The molecule has 2 heteroatoms. The van der Waals surface area contributed by atoms with E-state index in [1.54, 1.807) is 0 Å². The van der Waals surface area contributed by atoms with Crippen LogP contribution in [0.4, 0.5) is 0 Å².